The zero-order chi connectivity index (χ0) is 9.14. The highest BCUT2D eigenvalue weighted by atomic mass is 19.1. The first kappa shape index (κ1) is 8.78. The van der Waals surface area contributed by atoms with E-state index in [0.717, 1.165) is 0 Å². The lowest BCUT2D eigenvalue weighted by molar-refractivity contribution is 0.371. The summed E-state index contributed by atoms with van der Waals surface area (Å²) in [7, 11) is 1.51. The molecule has 2 heteroatoms. The van der Waals surface area contributed by atoms with E-state index in [4.69, 9.17) is 4.74 Å². The topological polar surface area (TPSA) is 9.23 Å². The van der Waals surface area contributed by atoms with E-state index >= 15 is 0 Å². The van der Waals surface area contributed by atoms with Crippen molar-refractivity contribution in [1.29, 1.82) is 0 Å². The van der Waals surface area contributed by atoms with Crippen molar-refractivity contribution in [2.24, 2.45) is 0 Å². The second-order valence-corrected chi connectivity index (χ2v) is 2.59. The molecule has 0 aliphatic carbocycles. The normalized spacial score (nSPS) is 9.58. The maximum atomic E-state index is 13.0. The van der Waals surface area contributed by atoms with Crippen molar-refractivity contribution in [1.82, 2.24) is 0 Å². The minimum atomic E-state index is -0.231. The maximum Gasteiger partial charge on any atom is 0.126 e. The van der Waals surface area contributed by atoms with Gasteiger partial charge in [0.1, 0.15) is 11.6 Å². The van der Waals surface area contributed by atoms with Crippen LogP contribution in [0.3, 0.4) is 0 Å². The number of methoxy groups -OCH3 is 1. The number of hydrogen-bond donors (Lipinski definition) is 0. The number of halogens is 1. The standard InChI is InChI=1S/C10H11FO/c1-7-4-5-9(6-10(7)11)8(2)12-3/h4-6H,2H2,1,3H3. The summed E-state index contributed by atoms with van der Waals surface area (Å²) < 4.78 is 17.8. The average Bonchev–Trinajstić information content (AvgIpc) is 2.08. The Balaban J connectivity index is 3.05. The third-order valence-electron chi connectivity index (χ3n) is 1.74. The number of hydrogen-bond acceptors (Lipinski definition) is 1. The Labute approximate surface area is 71.5 Å². The van der Waals surface area contributed by atoms with Crippen molar-refractivity contribution in [3.05, 3.63) is 41.7 Å². The highest BCUT2D eigenvalue weighted by Crippen LogP contribution is 2.16. The SMILES string of the molecule is C=C(OC)c1ccc(C)c(F)c1. The summed E-state index contributed by atoms with van der Waals surface area (Å²) in [6.07, 6.45) is 0. The number of benzene rings is 1. The third-order valence-corrected chi connectivity index (χ3v) is 1.74. The molecule has 0 aliphatic rings. The van der Waals surface area contributed by atoms with Gasteiger partial charge in [0.2, 0.25) is 0 Å². The molecular formula is C10H11FO. The van der Waals surface area contributed by atoms with Crippen molar-refractivity contribution < 1.29 is 9.13 Å². The van der Waals surface area contributed by atoms with E-state index in [0.29, 0.717) is 16.9 Å². The van der Waals surface area contributed by atoms with Gasteiger partial charge in [-0.25, -0.2) is 4.39 Å². The van der Waals surface area contributed by atoms with Crippen molar-refractivity contribution in [2.45, 2.75) is 6.92 Å². The van der Waals surface area contributed by atoms with Crippen LogP contribution in [0.25, 0.3) is 5.76 Å². The first-order valence-electron chi connectivity index (χ1n) is 3.64. The molecule has 0 radical (unpaired) electrons. The molecule has 1 aromatic carbocycles. The van der Waals surface area contributed by atoms with E-state index in [2.05, 4.69) is 6.58 Å². The lowest BCUT2D eigenvalue weighted by atomic mass is 10.1. The van der Waals surface area contributed by atoms with Gasteiger partial charge in [-0.1, -0.05) is 18.7 Å². The zero-order valence-electron chi connectivity index (χ0n) is 7.23. The monoisotopic (exact) mass is 166 g/mol. The van der Waals surface area contributed by atoms with Crippen molar-refractivity contribution >= 4 is 5.76 Å². The minimum Gasteiger partial charge on any atom is -0.497 e. The van der Waals surface area contributed by atoms with Crippen LogP contribution in [0, 0.1) is 12.7 Å². The van der Waals surface area contributed by atoms with Crippen molar-refractivity contribution in [3.63, 3.8) is 0 Å². The van der Waals surface area contributed by atoms with Gasteiger partial charge in [-0.15, -0.1) is 0 Å². The van der Waals surface area contributed by atoms with Crippen LogP contribution in [-0.4, -0.2) is 7.11 Å². The second kappa shape index (κ2) is 3.39. The smallest absolute Gasteiger partial charge is 0.126 e. The van der Waals surface area contributed by atoms with E-state index in [1.54, 1.807) is 19.1 Å². The van der Waals surface area contributed by atoms with E-state index < -0.39 is 0 Å². The van der Waals surface area contributed by atoms with Crippen LogP contribution in [-0.2, 0) is 4.74 Å². The van der Waals surface area contributed by atoms with E-state index in [-0.39, 0.29) is 5.82 Å². The summed E-state index contributed by atoms with van der Waals surface area (Å²) in [6.45, 7) is 5.34. The predicted octanol–water partition coefficient (Wildman–Crippen LogP) is 2.75. The molecule has 1 aromatic rings. The Bertz CT molecular complexity index is 305. The minimum absolute atomic E-state index is 0.231. The number of ether oxygens (including phenoxy) is 1. The largest absolute Gasteiger partial charge is 0.497 e. The van der Waals surface area contributed by atoms with Gasteiger partial charge in [-0.05, 0) is 18.6 Å². The molecule has 0 N–H and O–H groups in total. The fourth-order valence-electron chi connectivity index (χ4n) is 0.884. The van der Waals surface area contributed by atoms with Crippen LogP contribution in [0.15, 0.2) is 24.8 Å². The molecular weight excluding hydrogens is 155 g/mol. The van der Waals surface area contributed by atoms with Gasteiger partial charge in [-0.2, -0.15) is 0 Å². The van der Waals surface area contributed by atoms with Gasteiger partial charge in [0.05, 0.1) is 7.11 Å². The van der Waals surface area contributed by atoms with E-state index in [1.807, 2.05) is 0 Å². The molecule has 0 heterocycles. The van der Waals surface area contributed by atoms with Gasteiger partial charge >= 0.3 is 0 Å². The Kier molecular flexibility index (Phi) is 2.48. The van der Waals surface area contributed by atoms with Crippen LogP contribution in [0.2, 0.25) is 0 Å². The summed E-state index contributed by atoms with van der Waals surface area (Å²) in [4.78, 5) is 0. The third kappa shape index (κ3) is 1.64. The Morgan fingerprint density at radius 3 is 2.67 bits per heavy atom. The summed E-state index contributed by atoms with van der Waals surface area (Å²) in [5.74, 6) is 0.250. The fourth-order valence-corrected chi connectivity index (χ4v) is 0.884. The zero-order valence-corrected chi connectivity index (χ0v) is 7.23. The van der Waals surface area contributed by atoms with Crippen LogP contribution < -0.4 is 0 Å². The second-order valence-electron chi connectivity index (χ2n) is 2.59. The molecule has 64 valence electrons. The van der Waals surface area contributed by atoms with Gasteiger partial charge in [-0.3, -0.25) is 0 Å². The lowest BCUT2D eigenvalue weighted by Gasteiger charge is -2.04. The molecule has 12 heavy (non-hydrogen) atoms. The maximum absolute atomic E-state index is 13.0. The molecule has 0 spiro atoms. The van der Waals surface area contributed by atoms with Crippen LogP contribution >= 0.6 is 0 Å². The van der Waals surface area contributed by atoms with Crippen molar-refractivity contribution in [2.75, 3.05) is 7.11 Å². The molecule has 0 atom stereocenters. The first-order valence-corrected chi connectivity index (χ1v) is 3.64. The summed E-state index contributed by atoms with van der Waals surface area (Å²) in [5.41, 5.74) is 1.31. The Morgan fingerprint density at radius 2 is 2.17 bits per heavy atom. The van der Waals surface area contributed by atoms with Gasteiger partial charge < -0.3 is 4.74 Å². The summed E-state index contributed by atoms with van der Waals surface area (Å²) >= 11 is 0. The average molecular weight is 166 g/mol. The molecule has 0 unspecified atom stereocenters. The molecule has 1 rings (SSSR count). The van der Waals surface area contributed by atoms with Crippen LogP contribution in [0.1, 0.15) is 11.1 Å². The quantitative estimate of drug-likeness (QED) is 0.614. The van der Waals surface area contributed by atoms with E-state index in [9.17, 15) is 4.39 Å². The fraction of sp³-hybridized carbons (Fsp3) is 0.200. The highest BCUT2D eigenvalue weighted by molar-refractivity contribution is 5.57. The Hall–Kier alpha value is -1.31. The summed E-state index contributed by atoms with van der Waals surface area (Å²) in [6, 6.07) is 4.90. The number of aryl methyl sites for hydroxylation is 1. The molecule has 0 fully saturated rings. The molecule has 0 aromatic heterocycles. The summed E-state index contributed by atoms with van der Waals surface area (Å²) in [5, 5.41) is 0. The van der Waals surface area contributed by atoms with Crippen LogP contribution in [0.4, 0.5) is 4.39 Å². The van der Waals surface area contributed by atoms with Crippen LogP contribution in [0.5, 0.6) is 0 Å². The predicted molar refractivity (Wildman–Crippen MR) is 47.2 cm³/mol. The first-order chi connectivity index (χ1) is 5.65. The molecule has 0 saturated heterocycles. The molecule has 0 aliphatic heterocycles. The highest BCUT2D eigenvalue weighted by Gasteiger charge is 2.01. The molecule has 0 amide bonds. The molecule has 1 nitrogen and oxygen atoms in total. The van der Waals surface area contributed by atoms with Gasteiger partial charge in [0.25, 0.3) is 0 Å². The molecule has 0 saturated carbocycles. The van der Waals surface area contributed by atoms with E-state index in [1.165, 1.54) is 13.2 Å². The van der Waals surface area contributed by atoms with Gasteiger partial charge in [0.15, 0.2) is 0 Å². The molecule has 0 bridgehead atoms. The number of rotatable bonds is 2. The Morgan fingerprint density at radius 1 is 1.50 bits per heavy atom. The van der Waals surface area contributed by atoms with Crippen molar-refractivity contribution in [3.8, 4) is 0 Å². The van der Waals surface area contributed by atoms with Gasteiger partial charge in [0, 0.05) is 5.56 Å². The lowest BCUT2D eigenvalue weighted by Crippen LogP contribution is -1.88.